The van der Waals surface area contributed by atoms with Crippen LogP contribution in [0.3, 0.4) is 0 Å². The summed E-state index contributed by atoms with van der Waals surface area (Å²) in [4.78, 5) is 19.5. The summed E-state index contributed by atoms with van der Waals surface area (Å²) >= 11 is 7.54. The lowest BCUT2D eigenvalue weighted by Gasteiger charge is -2.19. The van der Waals surface area contributed by atoms with E-state index in [1.165, 1.54) is 6.07 Å². The van der Waals surface area contributed by atoms with Crippen molar-refractivity contribution < 1.29 is 22.5 Å². The molecule has 0 atom stereocenters. The minimum atomic E-state index is -3.81. The highest BCUT2D eigenvalue weighted by Gasteiger charge is 2.60. The molecule has 0 bridgehead atoms. The number of nitrogens with zero attached hydrogens (tertiary/aromatic N) is 3. The summed E-state index contributed by atoms with van der Waals surface area (Å²) in [6.07, 6.45) is 2.95. The van der Waals surface area contributed by atoms with E-state index >= 15 is 0 Å². The topological polar surface area (TPSA) is 115 Å². The van der Waals surface area contributed by atoms with Crippen LogP contribution in [0.5, 0.6) is 5.88 Å². The zero-order chi connectivity index (χ0) is 25.2. The number of anilines is 3. The summed E-state index contributed by atoms with van der Waals surface area (Å²) in [6, 6.07) is 8.35. The monoisotopic (exact) mass is 544 g/mol. The van der Waals surface area contributed by atoms with Gasteiger partial charge in [0.15, 0.2) is 11.4 Å². The van der Waals surface area contributed by atoms with Crippen LogP contribution in [0.25, 0.3) is 11.0 Å². The molecule has 9 nitrogen and oxygen atoms in total. The molecular weight excluding hydrogens is 524 g/mol. The number of carbonyl (C=O) groups excluding carboxylic acids is 1. The van der Waals surface area contributed by atoms with Crippen LogP contribution >= 0.6 is 22.9 Å². The quantitative estimate of drug-likeness (QED) is 0.327. The summed E-state index contributed by atoms with van der Waals surface area (Å²) in [6.45, 7) is 4.53. The van der Waals surface area contributed by atoms with E-state index < -0.39 is 15.4 Å². The number of ether oxygens (including phenoxy) is 1. The van der Waals surface area contributed by atoms with E-state index in [0.29, 0.717) is 58.6 Å². The molecule has 2 aliphatic rings. The molecule has 36 heavy (non-hydrogen) atoms. The number of amides is 1. The van der Waals surface area contributed by atoms with Crippen molar-refractivity contribution in [3.63, 3.8) is 0 Å². The van der Waals surface area contributed by atoms with Crippen molar-refractivity contribution in [3.05, 3.63) is 52.5 Å². The molecule has 1 fully saturated rings. The van der Waals surface area contributed by atoms with Crippen LogP contribution in [0.1, 0.15) is 32.3 Å². The van der Waals surface area contributed by atoms with Crippen LogP contribution in [-0.4, -0.2) is 31.1 Å². The number of carbonyl (C=O) groups is 1. The zero-order valence-corrected chi connectivity index (χ0v) is 21.7. The first-order valence-electron chi connectivity index (χ1n) is 11.3. The highest BCUT2D eigenvalue weighted by molar-refractivity contribution is 7.94. The van der Waals surface area contributed by atoms with Gasteiger partial charge in [-0.1, -0.05) is 36.7 Å². The number of benzene rings is 1. The van der Waals surface area contributed by atoms with Crippen LogP contribution in [-0.2, 0) is 20.2 Å². The number of hydrogen-bond acceptors (Lipinski definition) is 8. The molecule has 1 saturated carbocycles. The molecule has 1 aliphatic heterocycles. The van der Waals surface area contributed by atoms with Crippen molar-refractivity contribution in [1.82, 2.24) is 10.1 Å². The molecule has 0 radical (unpaired) electrons. The number of thiophene rings is 1. The standard InChI is InChI=1S/C24H21ClN4O5S2/c1-13(2)12-33-22-17(25)8-14(11-26-22)29-18-10-19-15(9-16(18)24(5-6-24)23(29)30)21(27-34-19)28-36(31,32)20-4-3-7-35-20/h3-4,7-11,13H,5-6,12H2,1-2H3,(H,27,28). The minimum absolute atomic E-state index is 0.0763. The van der Waals surface area contributed by atoms with Crippen molar-refractivity contribution in [2.24, 2.45) is 5.92 Å². The number of halogens is 1. The van der Waals surface area contributed by atoms with Crippen LogP contribution in [0.2, 0.25) is 5.02 Å². The Bertz CT molecular complexity index is 1610. The third kappa shape index (κ3) is 3.64. The lowest BCUT2D eigenvalue weighted by atomic mass is 9.96. The van der Waals surface area contributed by atoms with Gasteiger partial charge >= 0.3 is 0 Å². The van der Waals surface area contributed by atoms with E-state index in [1.807, 2.05) is 13.8 Å². The number of nitrogens with one attached hydrogen (secondary N) is 1. The Morgan fingerprint density at radius 3 is 2.78 bits per heavy atom. The van der Waals surface area contributed by atoms with Gasteiger partial charge in [-0.05, 0) is 47.9 Å². The average Bonchev–Trinajstić information content (AvgIpc) is 3.16. The fourth-order valence-corrected chi connectivity index (χ4v) is 6.62. The summed E-state index contributed by atoms with van der Waals surface area (Å²) in [5.74, 6) is 0.635. The highest BCUT2D eigenvalue weighted by atomic mass is 35.5. The highest BCUT2D eigenvalue weighted by Crippen LogP contribution is 2.60. The van der Waals surface area contributed by atoms with Gasteiger partial charge in [0.1, 0.15) is 9.23 Å². The molecule has 1 amide bonds. The number of hydrogen-bond donors (Lipinski definition) is 1. The average molecular weight is 545 g/mol. The number of pyridine rings is 1. The molecule has 6 rings (SSSR count). The van der Waals surface area contributed by atoms with Gasteiger partial charge in [0.25, 0.3) is 10.0 Å². The predicted octanol–water partition coefficient (Wildman–Crippen LogP) is 5.48. The molecule has 1 spiro atoms. The van der Waals surface area contributed by atoms with Gasteiger partial charge in [-0.15, -0.1) is 11.3 Å². The Morgan fingerprint density at radius 1 is 1.31 bits per heavy atom. The fourth-order valence-electron chi connectivity index (χ4n) is 4.40. The molecule has 1 aromatic carbocycles. The summed E-state index contributed by atoms with van der Waals surface area (Å²) in [7, 11) is -3.81. The van der Waals surface area contributed by atoms with Crippen LogP contribution in [0.4, 0.5) is 17.2 Å². The lowest BCUT2D eigenvalue weighted by molar-refractivity contribution is -0.119. The second-order valence-corrected chi connectivity index (χ2v) is 12.6. The first kappa shape index (κ1) is 23.3. The molecule has 4 heterocycles. The van der Waals surface area contributed by atoms with Crippen molar-refractivity contribution in [1.29, 1.82) is 0 Å². The molecule has 3 aromatic heterocycles. The molecule has 12 heteroatoms. The summed E-state index contributed by atoms with van der Waals surface area (Å²) < 4.78 is 39.3. The number of fused-ring (bicyclic) bond motifs is 3. The zero-order valence-electron chi connectivity index (χ0n) is 19.3. The van der Waals surface area contributed by atoms with E-state index in [-0.39, 0.29) is 15.9 Å². The molecular formula is C24H21ClN4O5S2. The number of rotatable bonds is 7. The molecule has 0 saturated heterocycles. The lowest BCUT2D eigenvalue weighted by Crippen LogP contribution is -2.28. The first-order valence-corrected chi connectivity index (χ1v) is 14.1. The fraction of sp³-hybridized carbons (Fsp3) is 0.292. The second kappa shape index (κ2) is 8.19. The normalized spacial score (nSPS) is 16.2. The van der Waals surface area contributed by atoms with Gasteiger partial charge in [0.2, 0.25) is 11.8 Å². The van der Waals surface area contributed by atoms with Crippen molar-refractivity contribution in [3.8, 4) is 5.88 Å². The maximum atomic E-state index is 13.6. The van der Waals surface area contributed by atoms with Crippen molar-refractivity contribution in [2.45, 2.75) is 36.3 Å². The van der Waals surface area contributed by atoms with E-state index in [2.05, 4.69) is 14.9 Å². The summed E-state index contributed by atoms with van der Waals surface area (Å²) in [5, 5.41) is 6.45. The van der Waals surface area contributed by atoms with Crippen molar-refractivity contribution >= 4 is 67.0 Å². The van der Waals surface area contributed by atoms with Gasteiger partial charge < -0.3 is 9.26 Å². The summed E-state index contributed by atoms with van der Waals surface area (Å²) in [5.41, 5.74) is 1.65. The predicted molar refractivity (Wildman–Crippen MR) is 137 cm³/mol. The number of sulfonamides is 1. The van der Waals surface area contributed by atoms with Crippen LogP contribution < -0.4 is 14.4 Å². The van der Waals surface area contributed by atoms with Gasteiger partial charge in [-0.3, -0.25) is 14.4 Å². The molecule has 1 aliphatic carbocycles. The first-order chi connectivity index (χ1) is 17.2. The Morgan fingerprint density at radius 2 is 2.11 bits per heavy atom. The molecule has 0 unspecified atom stereocenters. The second-order valence-electron chi connectivity index (χ2n) is 9.34. The van der Waals surface area contributed by atoms with Crippen LogP contribution in [0, 0.1) is 5.92 Å². The van der Waals surface area contributed by atoms with E-state index in [9.17, 15) is 13.2 Å². The largest absolute Gasteiger partial charge is 0.476 e. The Labute approximate surface area is 216 Å². The Balaban J connectivity index is 1.39. The van der Waals surface area contributed by atoms with Gasteiger partial charge in [-0.25, -0.2) is 13.4 Å². The number of aromatic nitrogens is 2. The Hall–Kier alpha value is -3.15. The maximum absolute atomic E-state index is 13.6. The SMILES string of the molecule is CC(C)COc1ncc(N2C(=O)C3(CC3)c3cc4c(NS(=O)(=O)c5cccs5)noc4cc32)cc1Cl. The van der Waals surface area contributed by atoms with Gasteiger partial charge in [0.05, 0.1) is 35.0 Å². The van der Waals surface area contributed by atoms with E-state index in [1.54, 1.807) is 40.7 Å². The third-order valence-corrected chi connectivity index (χ3v) is 9.31. The smallest absolute Gasteiger partial charge is 0.272 e. The molecule has 186 valence electrons. The minimum Gasteiger partial charge on any atom is -0.476 e. The van der Waals surface area contributed by atoms with Gasteiger partial charge in [0, 0.05) is 6.07 Å². The van der Waals surface area contributed by atoms with E-state index in [4.69, 9.17) is 20.9 Å². The third-order valence-electron chi connectivity index (χ3n) is 6.30. The molecule has 4 aromatic rings. The molecule has 1 N–H and O–H groups in total. The van der Waals surface area contributed by atoms with E-state index in [0.717, 1.165) is 16.9 Å². The maximum Gasteiger partial charge on any atom is 0.272 e. The Kier molecular flexibility index (Phi) is 5.29. The van der Waals surface area contributed by atoms with Crippen molar-refractivity contribution in [2.75, 3.05) is 16.2 Å². The van der Waals surface area contributed by atoms with Gasteiger partial charge in [-0.2, -0.15) is 0 Å². The van der Waals surface area contributed by atoms with Crippen LogP contribution in [0.15, 0.2) is 50.6 Å².